The zero-order chi connectivity index (χ0) is 14.4. The van der Waals surface area contributed by atoms with E-state index < -0.39 is 0 Å². The number of para-hydroxylation sites is 1. The van der Waals surface area contributed by atoms with E-state index in [1.807, 2.05) is 60.7 Å². The predicted octanol–water partition coefficient (Wildman–Crippen LogP) is 4.54. The maximum Gasteiger partial charge on any atom is 0.147 e. The van der Waals surface area contributed by atoms with Crippen molar-refractivity contribution < 1.29 is 9.52 Å². The number of nitrogen functional groups attached to an aromatic ring is 1. The molecule has 0 radical (unpaired) electrons. The van der Waals surface area contributed by atoms with Gasteiger partial charge in [-0.2, -0.15) is 0 Å². The Morgan fingerprint density at radius 1 is 0.857 bits per heavy atom. The molecule has 0 saturated heterocycles. The third-order valence-corrected chi connectivity index (χ3v) is 3.76. The minimum atomic E-state index is 0.0975. The summed E-state index contributed by atoms with van der Waals surface area (Å²) in [6, 6.07) is 19.2. The van der Waals surface area contributed by atoms with Crippen LogP contribution in [0.5, 0.6) is 5.75 Å². The summed E-state index contributed by atoms with van der Waals surface area (Å²) < 4.78 is 5.86. The second-order valence-electron chi connectivity index (χ2n) is 5.02. The zero-order valence-electron chi connectivity index (χ0n) is 11.2. The highest BCUT2D eigenvalue weighted by molar-refractivity contribution is 6.14. The molecule has 102 valence electrons. The molecule has 3 N–H and O–H groups in total. The number of hydrogen-bond donors (Lipinski definition) is 2. The van der Waals surface area contributed by atoms with Gasteiger partial charge in [-0.05, 0) is 17.7 Å². The first-order valence-electron chi connectivity index (χ1n) is 6.74. The van der Waals surface area contributed by atoms with Crippen molar-refractivity contribution in [2.45, 2.75) is 0 Å². The van der Waals surface area contributed by atoms with Crippen LogP contribution in [0.15, 0.2) is 65.1 Å². The van der Waals surface area contributed by atoms with Gasteiger partial charge in [0.2, 0.25) is 0 Å². The highest BCUT2D eigenvalue weighted by atomic mass is 16.3. The molecule has 0 atom stereocenters. The van der Waals surface area contributed by atoms with Crippen molar-refractivity contribution in [1.29, 1.82) is 0 Å². The molecule has 0 fully saturated rings. The summed E-state index contributed by atoms with van der Waals surface area (Å²) in [6.07, 6.45) is 0. The quantitative estimate of drug-likeness (QED) is 0.396. The van der Waals surface area contributed by atoms with E-state index in [1.54, 1.807) is 0 Å². The topological polar surface area (TPSA) is 59.4 Å². The second kappa shape index (κ2) is 4.28. The Morgan fingerprint density at radius 2 is 1.57 bits per heavy atom. The molecule has 0 bridgehead atoms. The van der Waals surface area contributed by atoms with E-state index in [-0.39, 0.29) is 5.75 Å². The Balaban J connectivity index is 2.12. The highest BCUT2D eigenvalue weighted by Gasteiger charge is 2.17. The molecule has 0 saturated carbocycles. The highest BCUT2D eigenvalue weighted by Crippen LogP contribution is 2.43. The summed E-state index contributed by atoms with van der Waals surface area (Å²) in [5.41, 5.74) is 9.55. The van der Waals surface area contributed by atoms with Crippen LogP contribution in [0.25, 0.3) is 33.1 Å². The third kappa shape index (κ3) is 1.68. The Bertz CT molecular complexity index is 955. The molecule has 4 aromatic rings. The predicted molar refractivity (Wildman–Crippen MR) is 85.2 cm³/mol. The SMILES string of the molecule is Nc1c(O)c(-c2ccccc2)cc2oc3ccccc3c12. The molecule has 0 aliphatic rings. The number of aromatic hydroxyl groups is 1. The smallest absolute Gasteiger partial charge is 0.147 e. The molecule has 3 aromatic carbocycles. The number of phenols is 1. The monoisotopic (exact) mass is 275 g/mol. The fraction of sp³-hybridized carbons (Fsp3) is 0. The summed E-state index contributed by atoms with van der Waals surface area (Å²) in [5.74, 6) is 0.0975. The number of fused-ring (bicyclic) bond motifs is 3. The molecule has 1 heterocycles. The molecule has 1 aromatic heterocycles. The zero-order valence-corrected chi connectivity index (χ0v) is 11.2. The second-order valence-corrected chi connectivity index (χ2v) is 5.02. The van der Waals surface area contributed by atoms with Crippen molar-refractivity contribution in [3.8, 4) is 16.9 Å². The van der Waals surface area contributed by atoms with E-state index in [0.717, 1.165) is 21.9 Å². The van der Waals surface area contributed by atoms with Crippen LogP contribution in [0.1, 0.15) is 0 Å². The molecule has 0 aliphatic heterocycles. The molecule has 21 heavy (non-hydrogen) atoms. The average molecular weight is 275 g/mol. The largest absolute Gasteiger partial charge is 0.505 e. The van der Waals surface area contributed by atoms with Gasteiger partial charge in [-0.1, -0.05) is 48.5 Å². The van der Waals surface area contributed by atoms with E-state index in [2.05, 4.69) is 0 Å². The van der Waals surface area contributed by atoms with Crippen LogP contribution < -0.4 is 5.73 Å². The molecule has 4 rings (SSSR count). The summed E-state index contributed by atoms with van der Waals surface area (Å²) in [4.78, 5) is 0. The number of benzene rings is 3. The van der Waals surface area contributed by atoms with Gasteiger partial charge in [0.1, 0.15) is 16.9 Å². The van der Waals surface area contributed by atoms with Gasteiger partial charge in [0.15, 0.2) is 0 Å². The third-order valence-electron chi connectivity index (χ3n) is 3.76. The average Bonchev–Trinajstić information content (AvgIpc) is 2.90. The number of phenolic OH excluding ortho intramolecular Hbond substituents is 1. The first-order chi connectivity index (χ1) is 10.3. The van der Waals surface area contributed by atoms with Gasteiger partial charge in [0.05, 0.1) is 11.1 Å². The molecule has 3 heteroatoms. The molecule has 3 nitrogen and oxygen atoms in total. The Kier molecular flexibility index (Phi) is 2.42. The van der Waals surface area contributed by atoms with E-state index in [1.165, 1.54) is 0 Å². The normalized spacial score (nSPS) is 11.2. The van der Waals surface area contributed by atoms with Crippen LogP contribution in [0.2, 0.25) is 0 Å². The van der Waals surface area contributed by atoms with Crippen LogP contribution in [0.4, 0.5) is 5.69 Å². The minimum absolute atomic E-state index is 0.0975. The summed E-state index contributed by atoms with van der Waals surface area (Å²) in [6.45, 7) is 0. The number of anilines is 1. The Morgan fingerprint density at radius 3 is 2.38 bits per heavy atom. The van der Waals surface area contributed by atoms with E-state index in [0.29, 0.717) is 16.8 Å². The maximum atomic E-state index is 10.5. The first kappa shape index (κ1) is 11.9. The molecule has 0 amide bonds. The fourth-order valence-electron chi connectivity index (χ4n) is 2.74. The van der Waals surface area contributed by atoms with Gasteiger partial charge < -0.3 is 15.3 Å². The lowest BCUT2D eigenvalue weighted by Crippen LogP contribution is -1.89. The van der Waals surface area contributed by atoms with E-state index in [4.69, 9.17) is 10.2 Å². The van der Waals surface area contributed by atoms with Crippen molar-refractivity contribution in [2.24, 2.45) is 0 Å². The van der Waals surface area contributed by atoms with E-state index in [9.17, 15) is 5.11 Å². The van der Waals surface area contributed by atoms with Gasteiger partial charge in [-0.25, -0.2) is 0 Å². The van der Waals surface area contributed by atoms with Gasteiger partial charge >= 0.3 is 0 Å². The summed E-state index contributed by atoms with van der Waals surface area (Å²) in [5, 5.41) is 12.1. The lowest BCUT2D eigenvalue weighted by atomic mass is 10.0. The van der Waals surface area contributed by atoms with Crippen LogP contribution in [0, 0.1) is 0 Å². The summed E-state index contributed by atoms with van der Waals surface area (Å²) >= 11 is 0. The van der Waals surface area contributed by atoms with Gasteiger partial charge in [0, 0.05) is 10.9 Å². The van der Waals surface area contributed by atoms with Gasteiger partial charge in [0.25, 0.3) is 0 Å². The Labute approximate surface area is 121 Å². The molecular formula is C18H13NO2. The number of rotatable bonds is 1. The van der Waals surface area contributed by atoms with Crippen molar-refractivity contribution in [3.05, 3.63) is 60.7 Å². The number of furan rings is 1. The minimum Gasteiger partial charge on any atom is -0.505 e. The Hall–Kier alpha value is -2.94. The molecule has 0 aliphatic carbocycles. The van der Waals surface area contributed by atoms with Crippen molar-refractivity contribution in [1.82, 2.24) is 0 Å². The van der Waals surface area contributed by atoms with Gasteiger partial charge in [-0.15, -0.1) is 0 Å². The number of hydrogen-bond acceptors (Lipinski definition) is 3. The van der Waals surface area contributed by atoms with E-state index >= 15 is 0 Å². The molecular weight excluding hydrogens is 262 g/mol. The maximum absolute atomic E-state index is 10.5. The van der Waals surface area contributed by atoms with Gasteiger partial charge in [-0.3, -0.25) is 0 Å². The van der Waals surface area contributed by atoms with Crippen LogP contribution in [-0.4, -0.2) is 5.11 Å². The standard InChI is InChI=1S/C18H13NO2/c19-17-16-12-8-4-5-9-14(12)21-15(16)10-13(18(17)20)11-6-2-1-3-7-11/h1-10,20H,19H2. The lowest BCUT2D eigenvalue weighted by molar-refractivity contribution is 0.480. The van der Waals surface area contributed by atoms with Crippen LogP contribution in [0.3, 0.4) is 0 Å². The summed E-state index contributed by atoms with van der Waals surface area (Å²) in [7, 11) is 0. The lowest BCUT2D eigenvalue weighted by Gasteiger charge is -2.08. The number of nitrogens with two attached hydrogens (primary N) is 1. The molecule has 0 unspecified atom stereocenters. The first-order valence-corrected chi connectivity index (χ1v) is 6.74. The van der Waals surface area contributed by atoms with Crippen LogP contribution in [-0.2, 0) is 0 Å². The molecule has 0 spiro atoms. The van der Waals surface area contributed by atoms with Crippen molar-refractivity contribution >= 4 is 27.6 Å². The van der Waals surface area contributed by atoms with Crippen molar-refractivity contribution in [3.63, 3.8) is 0 Å². The van der Waals surface area contributed by atoms with Crippen LogP contribution >= 0.6 is 0 Å². The van der Waals surface area contributed by atoms with Crippen molar-refractivity contribution in [2.75, 3.05) is 5.73 Å². The fourth-order valence-corrected chi connectivity index (χ4v) is 2.74.